The Kier molecular flexibility index (Phi) is 5.57. The Bertz CT molecular complexity index is 419. The van der Waals surface area contributed by atoms with Gasteiger partial charge in [0, 0.05) is 17.6 Å². The van der Waals surface area contributed by atoms with E-state index >= 15 is 0 Å². The summed E-state index contributed by atoms with van der Waals surface area (Å²) >= 11 is 1.56. The number of aromatic nitrogens is 1. The van der Waals surface area contributed by atoms with Gasteiger partial charge in [0.15, 0.2) is 0 Å². The smallest absolute Gasteiger partial charge is 0.315 e. The third-order valence-electron chi connectivity index (χ3n) is 2.34. The summed E-state index contributed by atoms with van der Waals surface area (Å²) in [5.41, 5.74) is 0. The van der Waals surface area contributed by atoms with E-state index in [-0.39, 0.29) is 12.6 Å². The Hall–Kier alpha value is -1.63. The van der Waals surface area contributed by atoms with Crippen LogP contribution < -0.4 is 10.6 Å². The van der Waals surface area contributed by atoms with Gasteiger partial charge in [-0.2, -0.15) is 0 Å². The molecule has 1 heterocycles. The van der Waals surface area contributed by atoms with E-state index in [4.69, 9.17) is 5.11 Å². The molecular weight excluding hydrogens is 254 g/mol. The number of nitrogens with one attached hydrogen (secondary N) is 2. The topological polar surface area (TPSA) is 91.3 Å². The Morgan fingerprint density at radius 1 is 1.50 bits per heavy atom. The monoisotopic (exact) mass is 271 g/mol. The van der Waals surface area contributed by atoms with Crippen molar-refractivity contribution in [2.24, 2.45) is 5.92 Å². The molecule has 6 nitrogen and oxygen atoms in total. The molecule has 1 atom stereocenters. The van der Waals surface area contributed by atoms with Gasteiger partial charge in [-0.25, -0.2) is 9.78 Å². The van der Waals surface area contributed by atoms with Crippen LogP contribution in [0.2, 0.25) is 0 Å². The summed E-state index contributed by atoms with van der Waals surface area (Å²) in [6.45, 7) is 4.05. The second-order valence-corrected chi connectivity index (χ2v) is 5.08. The van der Waals surface area contributed by atoms with Crippen LogP contribution in [0.15, 0.2) is 6.20 Å². The Balaban J connectivity index is 2.26. The molecule has 18 heavy (non-hydrogen) atoms. The Morgan fingerprint density at radius 3 is 2.78 bits per heavy atom. The number of carboxylic acids is 1. The van der Waals surface area contributed by atoms with Crippen molar-refractivity contribution in [2.45, 2.75) is 26.8 Å². The summed E-state index contributed by atoms with van der Waals surface area (Å²) in [7, 11) is 0. The lowest BCUT2D eigenvalue weighted by Crippen LogP contribution is -2.38. The lowest BCUT2D eigenvalue weighted by atomic mass is 10.2. The number of carbonyl (C=O) groups is 2. The first-order valence-electron chi connectivity index (χ1n) is 5.71. The summed E-state index contributed by atoms with van der Waals surface area (Å²) in [5, 5.41) is 14.6. The Morgan fingerprint density at radius 2 is 2.22 bits per heavy atom. The van der Waals surface area contributed by atoms with Gasteiger partial charge in [-0.3, -0.25) is 4.79 Å². The standard InChI is InChI=1S/C11H17N3O3S/c1-3-8-5-12-9(18-8)6-14-11(17)13-4-7(2)10(15)16/h5,7H,3-4,6H2,1-2H3,(H,15,16)(H2,13,14,17). The van der Waals surface area contributed by atoms with E-state index in [1.54, 1.807) is 17.5 Å². The van der Waals surface area contributed by atoms with Crippen molar-refractivity contribution in [2.75, 3.05) is 6.54 Å². The molecule has 1 aromatic heterocycles. The fraction of sp³-hybridized carbons (Fsp3) is 0.545. The molecule has 3 N–H and O–H groups in total. The number of hydrogen-bond acceptors (Lipinski definition) is 4. The predicted octanol–water partition coefficient (Wildman–Crippen LogP) is 1.23. The molecular formula is C11H17N3O3S. The van der Waals surface area contributed by atoms with E-state index in [1.165, 1.54) is 11.8 Å². The van der Waals surface area contributed by atoms with Crippen LogP contribution in [0.4, 0.5) is 4.79 Å². The zero-order chi connectivity index (χ0) is 13.5. The summed E-state index contributed by atoms with van der Waals surface area (Å²) in [6, 6.07) is -0.378. The van der Waals surface area contributed by atoms with Gasteiger partial charge in [0.1, 0.15) is 5.01 Å². The molecule has 0 aliphatic heterocycles. The van der Waals surface area contributed by atoms with Crippen molar-refractivity contribution in [1.29, 1.82) is 0 Å². The van der Waals surface area contributed by atoms with Gasteiger partial charge < -0.3 is 15.7 Å². The SMILES string of the molecule is CCc1cnc(CNC(=O)NCC(C)C(=O)O)s1. The molecule has 2 amide bonds. The van der Waals surface area contributed by atoms with Crippen LogP contribution in [0.5, 0.6) is 0 Å². The van der Waals surface area contributed by atoms with Gasteiger partial charge in [0.25, 0.3) is 0 Å². The molecule has 0 saturated heterocycles. The molecule has 0 saturated carbocycles. The highest BCUT2D eigenvalue weighted by Gasteiger charge is 2.12. The van der Waals surface area contributed by atoms with E-state index in [2.05, 4.69) is 15.6 Å². The lowest BCUT2D eigenvalue weighted by Gasteiger charge is -2.08. The minimum absolute atomic E-state index is 0.110. The molecule has 1 unspecified atom stereocenters. The number of carbonyl (C=O) groups excluding carboxylic acids is 1. The molecule has 0 radical (unpaired) electrons. The van der Waals surface area contributed by atoms with Crippen LogP contribution in [0.1, 0.15) is 23.7 Å². The number of rotatable bonds is 6. The first kappa shape index (κ1) is 14.4. The van der Waals surface area contributed by atoms with Crippen LogP contribution in [0, 0.1) is 5.92 Å². The highest BCUT2D eigenvalue weighted by Crippen LogP contribution is 2.12. The molecule has 1 aromatic rings. The van der Waals surface area contributed by atoms with Crippen LogP contribution in [0.25, 0.3) is 0 Å². The molecule has 0 aromatic carbocycles. The number of aryl methyl sites for hydroxylation is 1. The molecule has 0 aliphatic rings. The molecule has 0 fully saturated rings. The third kappa shape index (κ3) is 4.70. The summed E-state index contributed by atoms with van der Waals surface area (Å²) in [6.07, 6.45) is 2.73. The fourth-order valence-corrected chi connectivity index (χ4v) is 1.95. The van der Waals surface area contributed by atoms with E-state index in [9.17, 15) is 9.59 Å². The highest BCUT2D eigenvalue weighted by molar-refractivity contribution is 7.11. The third-order valence-corrected chi connectivity index (χ3v) is 3.48. The summed E-state index contributed by atoms with van der Waals surface area (Å²) < 4.78 is 0. The van der Waals surface area contributed by atoms with Crippen LogP contribution in [-0.4, -0.2) is 28.6 Å². The van der Waals surface area contributed by atoms with E-state index in [1.807, 2.05) is 6.92 Å². The predicted molar refractivity (Wildman–Crippen MR) is 68.5 cm³/mol. The maximum Gasteiger partial charge on any atom is 0.315 e. The number of thiazole rings is 1. The first-order valence-corrected chi connectivity index (χ1v) is 6.52. The maximum atomic E-state index is 11.4. The first-order chi connectivity index (χ1) is 8.52. The average molecular weight is 271 g/mol. The van der Waals surface area contributed by atoms with Crippen molar-refractivity contribution in [3.8, 4) is 0 Å². The average Bonchev–Trinajstić information content (AvgIpc) is 2.81. The van der Waals surface area contributed by atoms with Gasteiger partial charge >= 0.3 is 12.0 Å². The van der Waals surface area contributed by atoms with Crippen molar-refractivity contribution in [3.63, 3.8) is 0 Å². The van der Waals surface area contributed by atoms with Gasteiger partial charge in [0.05, 0.1) is 12.5 Å². The lowest BCUT2D eigenvalue weighted by molar-refractivity contribution is -0.140. The van der Waals surface area contributed by atoms with Crippen molar-refractivity contribution < 1.29 is 14.7 Å². The number of nitrogens with zero attached hydrogens (tertiary/aromatic N) is 1. The quantitative estimate of drug-likeness (QED) is 0.725. The number of amides is 2. The second-order valence-electron chi connectivity index (χ2n) is 3.88. The molecule has 0 aliphatic carbocycles. The van der Waals surface area contributed by atoms with Gasteiger partial charge in [-0.05, 0) is 6.42 Å². The summed E-state index contributed by atoms with van der Waals surface area (Å²) in [5.74, 6) is -1.52. The van der Waals surface area contributed by atoms with Crippen LogP contribution in [0.3, 0.4) is 0 Å². The molecule has 0 bridgehead atoms. The van der Waals surface area contributed by atoms with Gasteiger partial charge in [-0.1, -0.05) is 13.8 Å². The molecule has 100 valence electrons. The van der Waals surface area contributed by atoms with E-state index < -0.39 is 11.9 Å². The largest absolute Gasteiger partial charge is 0.481 e. The van der Waals surface area contributed by atoms with E-state index in [0.29, 0.717) is 6.54 Å². The minimum atomic E-state index is -0.928. The van der Waals surface area contributed by atoms with Crippen LogP contribution in [-0.2, 0) is 17.8 Å². The second kappa shape index (κ2) is 6.95. The maximum absolute atomic E-state index is 11.4. The normalized spacial score (nSPS) is 11.9. The number of hydrogen-bond donors (Lipinski definition) is 3. The van der Waals surface area contributed by atoms with Crippen molar-refractivity contribution in [3.05, 3.63) is 16.1 Å². The zero-order valence-electron chi connectivity index (χ0n) is 10.4. The Labute approximate surface area is 109 Å². The van der Waals surface area contributed by atoms with Crippen molar-refractivity contribution >= 4 is 23.3 Å². The molecule has 1 rings (SSSR count). The van der Waals surface area contributed by atoms with Crippen LogP contribution >= 0.6 is 11.3 Å². The number of urea groups is 1. The number of aliphatic carboxylic acids is 1. The number of carboxylic acid groups (broad SMARTS) is 1. The fourth-order valence-electron chi connectivity index (χ4n) is 1.14. The molecule has 7 heteroatoms. The summed E-state index contributed by atoms with van der Waals surface area (Å²) in [4.78, 5) is 27.3. The molecule has 0 spiro atoms. The zero-order valence-corrected chi connectivity index (χ0v) is 11.2. The highest BCUT2D eigenvalue weighted by atomic mass is 32.1. The van der Waals surface area contributed by atoms with E-state index in [0.717, 1.165) is 11.4 Å². The van der Waals surface area contributed by atoms with Gasteiger partial charge in [-0.15, -0.1) is 11.3 Å². The minimum Gasteiger partial charge on any atom is -0.481 e. The van der Waals surface area contributed by atoms with Gasteiger partial charge in [0.2, 0.25) is 0 Å². The van der Waals surface area contributed by atoms with Crippen molar-refractivity contribution in [1.82, 2.24) is 15.6 Å².